The van der Waals surface area contributed by atoms with Gasteiger partial charge in [-0.05, 0) is 0 Å². The summed E-state index contributed by atoms with van der Waals surface area (Å²) in [5.74, 6) is -0.753. The summed E-state index contributed by atoms with van der Waals surface area (Å²) in [6.45, 7) is 4.50. The van der Waals surface area contributed by atoms with E-state index in [-0.39, 0.29) is 12.0 Å². The molecule has 0 saturated carbocycles. The molecule has 0 bridgehead atoms. The van der Waals surface area contributed by atoms with Gasteiger partial charge < -0.3 is 15.2 Å². The molecule has 15 heavy (non-hydrogen) atoms. The number of carboxylic acid groups (broad SMARTS) is 1. The number of hydrogen-bond donors (Lipinski definition) is 3. The molecule has 0 aromatic carbocycles. The molecule has 86 valence electrons. The van der Waals surface area contributed by atoms with E-state index in [4.69, 9.17) is 9.84 Å². The Morgan fingerprint density at radius 3 is 2.60 bits per heavy atom. The summed E-state index contributed by atoms with van der Waals surface area (Å²) in [6, 6.07) is 0. The highest BCUT2D eigenvalue weighted by Gasteiger charge is 2.40. The van der Waals surface area contributed by atoms with Crippen LogP contribution in [0.15, 0.2) is 0 Å². The second kappa shape index (κ2) is 4.44. The lowest BCUT2D eigenvalue weighted by Crippen LogP contribution is -2.72. The standard InChI is InChI=1S/C9H17N3O3/c13-8(14)5-9(6-10-7-9)11-12-1-3-15-4-2-12/h10-11H,1-7H2,(H,13,14). The third kappa shape index (κ3) is 2.66. The fourth-order valence-electron chi connectivity index (χ4n) is 1.97. The van der Waals surface area contributed by atoms with Crippen molar-refractivity contribution in [1.29, 1.82) is 0 Å². The second-order valence-corrected chi connectivity index (χ2v) is 4.17. The van der Waals surface area contributed by atoms with Crippen LogP contribution in [0, 0.1) is 0 Å². The Labute approximate surface area is 88.5 Å². The number of morpholine rings is 1. The van der Waals surface area contributed by atoms with Crippen molar-refractivity contribution in [3.05, 3.63) is 0 Å². The highest BCUT2D eigenvalue weighted by molar-refractivity contribution is 5.68. The lowest BCUT2D eigenvalue weighted by molar-refractivity contribution is -0.140. The van der Waals surface area contributed by atoms with Gasteiger partial charge in [-0.15, -0.1) is 0 Å². The van der Waals surface area contributed by atoms with Gasteiger partial charge in [-0.1, -0.05) is 0 Å². The van der Waals surface area contributed by atoms with Crippen molar-refractivity contribution in [3.8, 4) is 0 Å². The maximum Gasteiger partial charge on any atom is 0.305 e. The molecule has 2 saturated heterocycles. The minimum absolute atomic E-state index is 0.164. The first-order chi connectivity index (χ1) is 7.20. The first-order valence-electron chi connectivity index (χ1n) is 5.23. The average molecular weight is 215 g/mol. The van der Waals surface area contributed by atoms with E-state index in [1.54, 1.807) is 0 Å². The monoisotopic (exact) mass is 215 g/mol. The number of nitrogens with one attached hydrogen (secondary N) is 2. The average Bonchev–Trinajstić information content (AvgIpc) is 2.15. The van der Waals surface area contributed by atoms with Gasteiger partial charge in [0.15, 0.2) is 0 Å². The number of rotatable bonds is 4. The Balaban J connectivity index is 1.86. The summed E-state index contributed by atoms with van der Waals surface area (Å²) in [7, 11) is 0. The molecule has 0 spiro atoms. The van der Waals surface area contributed by atoms with E-state index in [2.05, 4.69) is 15.8 Å². The van der Waals surface area contributed by atoms with Gasteiger partial charge in [0.2, 0.25) is 0 Å². The van der Waals surface area contributed by atoms with Crippen molar-refractivity contribution < 1.29 is 14.6 Å². The predicted octanol–water partition coefficient (Wildman–Crippen LogP) is -1.36. The number of ether oxygens (including phenoxy) is 1. The molecule has 0 aromatic rings. The van der Waals surface area contributed by atoms with Crippen LogP contribution in [0.2, 0.25) is 0 Å². The Morgan fingerprint density at radius 2 is 2.13 bits per heavy atom. The molecule has 0 unspecified atom stereocenters. The first-order valence-corrected chi connectivity index (χ1v) is 5.23. The SMILES string of the molecule is O=C(O)CC1(NN2CCOCC2)CNC1. The Bertz CT molecular complexity index is 237. The molecular weight excluding hydrogens is 198 g/mol. The quantitative estimate of drug-likeness (QED) is 0.538. The van der Waals surface area contributed by atoms with Crippen molar-refractivity contribution in [2.75, 3.05) is 39.4 Å². The Morgan fingerprint density at radius 1 is 1.47 bits per heavy atom. The largest absolute Gasteiger partial charge is 0.481 e. The molecule has 2 heterocycles. The van der Waals surface area contributed by atoms with Crippen LogP contribution in [-0.2, 0) is 9.53 Å². The molecule has 3 N–H and O–H groups in total. The van der Waals surface area contributed by atoms with E-state index < -0.39 is 5.97 Å². The molecule has 0 aliphatic carbocycles. The molecule has 2 aliphatic heterocycles. The van der Waals surface area contributed by atoms with Crippen molar-refractivity contribution in [3.63, 3.8) is 0 Å². The molecule has 6 nitrogen and oxygen atoms in total. The topological polar surface area (TPSA) is 73.8 Å². The molecular formula is C9H17N3O3. The van der Waals surface area contributed by atoms with Crippen LogP contribution >= 0.6 is 0 Å². The molecule has 0 aromatic heterocycles. The normalized spacial score (nSPS) is 25.9. The Kier molecular flexibility index (Phi) is 3.20. The van der Waals surface area contributed by atoms with E-state index in [1.165, 1.54) is 0 Å². The summed E-state index contributed by atoms with van der Waals surface area (Å²) in [4.78, 5) is 10.7. The molecule has 0 amide bonds. The lowest BCUT2D eigenvalue weighted by Gasteiger charge is -2.46. The molecule has 2 fully saturated rings. The number of hydrogen-bond acceptors (Lipinski definition) is 5. The van der Waals surface area contributed by atoms with Crippen LogP contribution < -0.4 is 10.7 Å². The molecule has 6 heteroatoms. The number of aliphatic carboxylic acids is 1. The number of carbonyl (C=O) groups is 1. The maximum absolute atomic E-state index is 10.7. The first kappa shape index (κ1) is 10.8. The fourth-order valence-corrected chi connectivity index (χ4v) is 1.97. The summed E-state index contributed by atoms with van der Waals surface area (Å²) in [6.07, 6.45) is 0.164. The maximum atomic E-state index is 10.7. The third-order valence-corrected chi connectivity index (χ3v) is 2.82. The second-order valence-electron chi connectivity index (χ2n) is 4.17. The fraction of sp³-hybridized carbons (Fsp3) is 0.889. The van der Waals surface area contributed by atoms with Crippen LogP contribution in [-0.4, -0.2) is 61.0 Å². The van der Waals surface area contributed by atoms with Crippen LogP contribution in [0.1, 0.15) is 6.42 Å². The smallest absolute Gasteiger partial charge is 0.305 e. The van der Waals surface area contributed by atoms with Crippen LogP contribution in [0.4, 0.5) is 0 Å². The summed E-state index contributed by atoms with van der Waals surface area (Å²) < 4.78 is 5.23. The highest BCUT2D eigenvalue weighted by atomic mass is 16.5. The van der Waals surface area contributed by atoms with E-state index >= 15 is 0 Å². The number of nitrogens with zero attached hydrogens (tertiary/aromatic N) is 1. The highest BCUT2D eigenvalue weighted by Crippen LogP contribution is 2.17. The lowest BCUT2D eigenvalue weighted by atomic mass is 9.89. The predicted molar refractivity (Wildman–Crippen MR) is 53.4 cm³/mol. The van der Waals surface area contributed by atoms with E-state index in [0.717, 1.165) is 26.2 Å². The van der Waals surface area contributed by atoms with Gasteiger partial charge in [-0.2, -0.15) is 0 Å². The zero-order chi connectivity index (χ0) is 10.7. The summed E-state index contributed by atoms with van der Waals surface area (Å²) in [5, 5.41) is 14.0. The van der Waals surface area contributed by atoms with E-state index in [9.17, 15) is 4.79 Å². The van der Waals surface area contributed by atoms with E-state index in [1.807, 2.05) is 0 Å². The summed E-state index contributed by atoms with van der Waals surface area (Å²) >= 11 is 0. The van der Waals surface area contributed by atoms with Crippen molar-refractivity contribution in [2.24, 2.45) is 0 Å². The number of carboxylic acids is 1. The Hall–Kier alpha value is -0.690. The van der Waals surface area contributed by atoms with Gasteiger partial charge in [0.25, 0.3) is 0 Å². The van der Waals surface area contributed by atoms with Gasteiger partial charge in [0.05, 0.1) is 25.2 Å². The van der Waals surface area contributed by atoms with Gasteiger partial charge in [-0.3, -0.25) is 4.79 Å². The zero-order valence-corrected chi connectivity index (χ0v) is 8.66. The van der Waals surface area contributed by atoms with Crippen LogP contribution in [0.5, 0.6) is 0 Å². The van der Waals surface area contributed by atoms with Gasteiger partial charge in [0.1, 0.15) is 0 Å². The number of hydrazine groups is 1. The third-order valence-electron chi connectivity index (χ3n) is 2.82. The zero-order valence-electron chi connectivity index (χ0n) is 8.66. The van der Waals surface area contributed by atoms with Crippen LogP contribution in [0.3, 0.4) is 0 Å². The van der Waals surface area contributed by atoms with Gasteiger partial charge in [0, 0.05) is 26.2 Å². The van der Waals surface area contributed by atoms with Crippen LogP contribution in [0.25, 0.3) is 0 Å². The van der Waals surface area contributed by atoms with Crippen molar-refractivity contribution in [1.82, 2.24) is 15.8 Å². The minimum Gasteiger partial charge on any atom is -0.481 e. The van der Waals surface area contributed by atoms with Gasteiger partial charge >= 0.3 is 5.97 Å². The molecule has 0 radical (unpaired) electrons. The molecule has 2 aliphatic rings. The summed E-state index contributed by atoms with van der Waals surface area (Å²) in [5.41, 5.74) is 3.02. The minimum atomic E-state index is -0.753. The van der Waals surface area contributed by atoms with Crippen molar-refractivity contribution in [2.45, 2.75) is 12.0 Å². The molecule has 2 rings (SSSR count). The van der Waals surface area contributed by atoms with Crippen molar-refractivity contribution >= 4 is 5.97 Å². The van der Waals surface area contributed by atoms with E-state index in [0.29, 0.717) is 13.2 Å². The molecule has 0 atom stereocenters. The van der Waals surface area contributed by atoms with Gasteiger partial charge in [-0.25, -0.2) is 10.4 Å².